The van der Waals surface area contributed by atoms with Gasteiger partial charge < -0.3 is 10.1 Å². The average molecular weight is 335 g/mol. The van der Waals surface area contributed by atoms with E-state index in [1.807, 2.05) is 6.92 Å². The van der Waals surface area contributed by atoms with E-state index in [1.54, 1.807) is 43.8 Å². The third-order valence-electron chi connectivity index (χ3n) is 3.67. The zero-order valence-corrected chi connectivity index (χ0v) is 13.9. The average Bonchev–Trinajstić information content (AvgIpc) is 2.68. The number of anilines is 1. The van der Waals surface area contributed by atoms with Crippen LogP contribution in [0.3, 0.4) is 0 Å². The van der Waals surface area contributed by atoms with Crippen LogP contribution < -0.4 is 10.1 Å². The largest absolute Gasteiger partial charge is 0.497 e. The third kappa shape index (κ3) is 3.95. The molecule has 3 aromatic rings. The molecular formula is C18H17N5O2. The Bertz CT molecular complexity index is 853. The van der Waals surface area contributed by atoms with Gasteiger partial charge in [0.15, 0.2) is 5.78 Å². The Morgan fingerprint density at radius 3 is 2.48 bits per heavy atom. The van der Waals surface area contributed by atoms with Crippen LogP contribution in [0, 0.1) is 0 Å². The van der Waals surface area contributed by atoms with E-state index in [9.17, 15) is 4.79 Å². The molecule has 7 heteroatoms. The van der Waals surface area contributed by atoms with Gasteiger partial charge in [0.05, 0.1) is 18.7 Å². The molecule has 2 heterocycles. The van der Waals surface area contributed by atoms with Crippen molar-refractivity contribution in [2.45, 2.75) is 13.0 Å². The zero-order valence-electron chi connectivity index (χ0n) is 13.9. The van der Waals surface area contributed by atoms with Gasteiger partial charge in [-0.15, -0.1) is 0 Å². The summed E-state index contributed by atoms with van der Waals surface area (Å²) in [6, 6.07) is 6.92. The predicted molar refractivity (Wildman–Crippen MR) is 92.5 cm³/mol. The SMILES string of the molecule is COc1cccc(C(=O)c2cnc(NC(C)c3cncnc3)nc2)c1. The van der Waals surface area contributed by atoms with Crippen molar-refractivity contribution >= 4 is 11.7 Å². The van der Waals surface area contributed by atoms with Gasteiger partial charge in [0.25, 0.3) is 0 Å². The molecule has 0 aliphatic carbocycles. The summed E-state index contributed by atoms with van der Waals surface area (Å²) in [7, 11) is 1.56. The quantitative estimate of drug-likeness (QED) is 0.693. The lowest BCUT2D eigenvalue weighted by Gasteiger charge is -2.13. The molecule has 1 aromatic carbocycles. The second-order valence-electron chi connectivity index (χ2n) is 5.39. The van der Waals surface area contributed by atoms with Crippen molar-refractivity contribution < 1.29 is 9.53 Å². The van der Waals surface area contributed by atoms with E-state index in [0.717, 1.165) is 5.56 Å². The molecular weight excluding hydrogens is 318 g/mol. The number of hydrogen-bond donors (Lipinski definition) is 1. The van der Waals surface area contributed by atoms with Gasteiger partial charge in [-0.05, 0) is 19.1 Å². The van der Waals surface area contributed by atoms with Gasteiger partial charge in [-0.25, -0.2) is 19.9 Å². The number of ketones is 1. The molecule has 126 valence electrons. The minimum atomic E-state index is -0.157. The van der Waals surface area contributed by atoms with Gasteiger partial charge in [-0.2, -0.15) is 0 Å². The Kier molecular flexibility index (Phi) is 4.94. The lowest BCUT2D eigenvalue weighted by atomic mass is 10.1. The highest BCUT2D eigenvalue weighted by atomic mass is 16.5. The summed E-state index contributed by atoms with van der Waals surface area (Å²) in [6.45, 7) is 1.96. The normalized spacial score (nSPS) is 11.6. The molecule has 1 N–H and O–H groups in total. The molecule has 0 saturated heterocycles. The van der Waals surface area contributed by atoms with Gasteiger partial charge in [0, 0.05) is 35.9 Å². The van der Waals surface area contributed by atoms with E-state index in [0.29, 0.717) is 22.8 Å². The summed E-state index contributed by atoms with van der Waals surface area (Å²) < 4.78 is 5.14. The van der Waals surface area contributed by atoms with Crippen LogP contribution >= 0.6 is 0 Å². The number of benzene rings is 1. The van der Waals surface area contributed by atoms with E-state index >= 15 is 0 Å². The van der Waals surface area contributed by atoms with Crippen LogP contribution in [0.1, 0.15) is 34.5 Å². The molecule has 0 aliphatic rings. The van der Waals surface area contributed by atoms with Crippen molar-refractivity contribution in [2.24, 2.45) is 0 Å². The number of ether oxygens (including phenoxy) is 1. The Hall–Kier alpha value is -3.35. The Morgan fingerprint density at radius 1 is 1.08 bits per heavy atom. The first-order chi connectivity index (χ1) is 12.2. The van der Waals surface area contributed by atoms with Crippen LogP contribution in [0.4, 0.5) is 5.95 Å². The van der Waals surface area contributed by atoms with Crippen LogP contribution in [0.2, 0.25) is 0 Å². The summed E-state index contributed by atoms with van der Waals surface area (Å²) in [5.74, 6) is 0.900. The molecule has 25 heavy (non-hydrogen) atoms. The summed E-state index contributed by atoms with van der Waals surface area (Å²) in [5.41, 5.74) is 1.86. The Balaban J connectivity index is 1.72. The van der Waals surface area contributed by atoms with Crippen molar-refractivity contribution in [1.82, 2.24) is 19.9 Å². The van der Waals surface area contributed by atoms with Crippen molar-refractivity contribution in [1.29, 1.82) is 0 Å². The van der Waals surface area contributed by atoms with Gasteiger partial charge in [0.1, 0.15) is 12.1 Å². The van der Waals surface area contributed by atoms with Crippen molar-refractivity contribution in [3.63, 3.8) is 0 Å². The maximum Gasteiger partial charge on any atom is 0.223 e. The van der Waals surface area contributed by atoms with E-state index in [4.69, 9.17) is 4.74 Å². The first-order valence-electron chi connectivity index (χ1n) is 7.69. The fourth-order valence-electron chi connectivity index (χ4n) is 2.26. The second-order valence-corrected chi connectivity index (χ2v) is 5.39. The summed E-state index contributed by atoms with van der Waals surface area (Å²) >= 11 is 0. The first-order valence-corrected chi connectivity index (χ1v) is 7.69. The maximum absolute atomic E-state index is 12.5. The molecule has 3 rings (SSSR count). The predicted octanol–water partition coefficient (Wildman–Crippen LogP) is 2.68. The van der Waals surface area contributed by atoms with Crippen molar-refractivity contribution in [2.75, 3.05) is 12.4 Å². The van der Waals surface area contributed by atoms with Crippen molar-refractivity contribution in [3.05, 3.63) is 72.1 Å². The molecule has 1 atom stereocenters. The molecule has 0 saturated carbocycles. The van der Waals surface area contributed by atoms with E-state index < -0.39 is 0 Å². The minimum Gasteiger partial charge on any atom is -0.497 e. The topological polar surface area (TPSA) is 89.9 Å². The molecule has 7 nitrogen and oxygen atoms in total. The summed E-state index contributed by atoms with van der Waals surface area (Å²) in [6.07, 6.45) is 7.94. The highest BCUT2D eigenvalue weighted by Gasteiger charge is 2.12. The number of nitrogens with zero attached hydrogens (tertiary/aromatic N) is 4. The van der Waals surface area contributed by atoms with E-state index in [-0.39, 0.29) is 11.8 Å². The van der Waals surface area contributed by atoms with Crippen LogP contribution in [0.15, 0.2) is 55.4 Å². The second kappa shape index (κ2) is 7.48. The lowest BCUT2D eigenvalue weighted by Crippen LogP contribution is -2.11. The molecule has 1 unspecified atom stereocenters. The van der Waals surface area contributed by atoms with Crippen LogP contribution in [0.5, 0.6) is 5.75 Å². The number of carbonyl (C=O) groups is 1. The standard InChI is InChI=1S/C18H17N5O2/c1-12(14-7-19-11-20-8-14)23-18-21-9-15(10-22-18)17(24)13-4-3-5-16(6-13)25-2/h3-12H,1-2H3,(H,21,22,23). The number of nitrogens with one attached hydrogen (secondary N) is 1. The minimum absolute atomic E-state index is 0.0545. The van der Waals surface area contributed by atoms with E-state index in [2.05, 4.69) is 25.3 Å². The lowest BCUT2D eigenvalue weighted by molar-refractivity contribution is 0.103. The van der Waals surface area contributed by atoms with Crippen LogP contribution in [-0.4, -0.2) is 32.8 Å². The molecule has 0 bridgehead atoms. The number of aromatic nitrogens is 4. The molecule has 0 fully saturated rings. The van der Waals surface area contributed by atoms with Gasteiger partial charge in [0.2, 0.25) is 5.95 Å². The molecule has 0 amide bonds. The number of hydrogen-bond acceptors (Lipinski definition) is 7. The monoisotopic (exact) mass is 335 g/mol. The Morgan fingerprint density at radius 2 is 1.80 bits per heavy atom. The highest BCUT2D eigenvalue weighted by molar-refractivity contribution is 6.08. The van der Waals surface area contributed by atoms with Crippen LogP contribution in [0.25, 0.3) is 0 Å². The van der Waals surface area contributed by atoms with Gasteiger partial charge in [-0.3, -0.25) is 4.79 Å². The number of carbonyl (C=O) groups excluding carboxylic acids is 1. The summed E-state index contributed by atoms with van der Waals surface area (Å²) in [4.78, 5) is 28.9. The van der Waals surface area contributed by atoms with Crippen LogP contribution in [-0.2, 0) is 0 Å². The number of methoxy groups -OCH3 is 1. The molecule has 0 aliphatic heterocycles. The Labute approximate surface area is 145 Å². The summed E-state index contributed by atoms with van der Waals surface area (Å²) in [5, 5.41) is 3.15. The first kappa shape index (κ1) is 16.5. The van der Waals surface area contributed by atoms with Gasteiger partial charge in [-0.1, -0.05) is 12.1 Å². The molecule has 2 aromatic heterocycles. The van der Waals surface area contributed by atoms with Crippen molar-refractivity contribution in [3.8, 4) is 5.75 Å². The fourth-order valence-corrected chi connectivity index (χ4v) is 2.26. The smallest absolute Gasteiger partial charge is 0.223 e. The molecule has 0 radical (unpaired) electrons. The zero-order chi connectivity index (χ0) is 17.6. The maximum atomic E-state index is 12.5. The highest BCUT2D eigenvalue weighted by Crippen LogP contribution is 2.17. The fraction of sp³-hybridized carbons (Fsp3) is 0.167. The van der Waals surface area contributed by atoms with E-state index in [1.165, 1.54) is 18.7 Å². The van der Waals surface area contributed by atoms with Gasteiger partial charge >= 0.3 is 0 Å². The molecule has 0 spiro atoms. The number of rotatable bonds is 6. The third-order valence-corrected chi connectivity index (χ3v) is 3.67.